The molecule has 2 heterocycles. The smallest absolute Gasteiger partial charge is 0.433 e. The van der Waals surface area contributed by atoms with Crippen molar-refractivity contribution in [2.75, 3.05) is 5.32 Å². The minimum absolute atomic E-state index is 0.0535. The Hall–Kier alpha value is -3.36. The van der Waals surface area contributed by atoms with Gasteiger partial charge in [-0.2, -0.15) is 13.2 Å². The summed E-state index contributed by atoms with van der Waals surface area (Å²) in [5.41, 5.74) is 0.577. The fourth-order valence-corrected chi connectivity index (χ4v) is 2.64. The zero-order valence-electron chi connectivity index (χ0n) is 15.7. The lowest BCUT2D eigenvalue weighted by Gasteiger charge is -2.16. The number of pyridine rings is 2. The predicted molar refractivity (Wildman–Crippen MR) is 103 cm³/mol. The monoisotopic (exact) mass is 404 g/mol. The van der Waals surface area contributed by atoms with Crippen molar-refractivity contribution in [1.29, 1.82) is 0 Å². The second kappa shape index (κ2) is 8.34. The lowest BCUT2D eigenvalue weighted by atomic mass is 10.2. The number of nitrogens with zero attached hydrogens (tertiary/aromatic N) is 2. The minimum Gasteiger partial charge on any atom is -0.475 e. The molecule has 2 aromatic heterocycles. The van der Waals surface area contributed by atoms with Gasteiger partial charge in [0, 0.05) is 23.7 Å². The van der Waals surface area contributed by atoms with E-state index in [1.54, 1.807) is 38.2 Å². The number of fused-ring (bicyclic) bond motifs is 1. The van der Waals surface area contributed by atoms with Gasteiger partial charge in [-0.15, -0.1) is 0 Å². The number of rotatable bonds is 5. The second-order valence-corrected chi connectivity index (χ2v) is 6.51. The summed E-state index contributed by atoms with van der Waals surface area (Å²) in [7, 11) is 0. The molecule has 2 amide bonds. The van der Waals surface area contributed by atoms with Crippen LogP contribution in [0.5, 0.6) is 5.88 Å². The van der Waals surface area contributed by atoms with Crippen molar-refractivity contribution in [3.63, 3.8) is 0 Å². The molecule has 0 saturated heterocycles. The number of carbonyl (C=O) groups is 1. The number of hydrogen-bond acceptors (Lipinski definition) is 4. The first-order chi connectivity index (χ1) is 13.7. The van der Waals surface area contributed by atoms with Gasteiger partial charge in [0.1, 0.15) is 5.69 Å². The average molecular weight is 404 g/mol. The molecule has 0 bridgehead atoms. The Balaban J connectivity index is 1.74. The predicted octanol–water partition coefficient (Wildman–Crippen LogP) is 4.76. The molecule has 2 N–H and O–H groups in total. The summed E-state index contributed by atoms with van der Waals surface area (Å²) in [6.45, 7) is 3.31. The van der Waals surface area contributed by atoms with E-state index in [9.17, 15) is 18.0 Å². The van der Waals surface area contributed by atoms with E-state index >= 15 is 0 Å². The number of ether oxygens (including phenoxy) is 1. The second-order valence-electron chi connectivity index (χ2n) is 6.51. The molecule has 0 unspecified atom stereocenters. The van der Waals surface area contributed by atoms with Crippen LogP contribution in [0.2, 0.25) is 0 Å². The van der Waals surface area contributed by atoms with Gasteiger partial charge >= 0.3 is 12.2 Å². The highest BCUT2D eigenvalue weighted by molar-refractivity contribution is 6.00. The first kappa shape index (κ1) is 20.4. The molecule has 1 aromatic carbocycles. The van der Waals surface area contributed by atoms with E-state index in [-0.39, 0.29) is 18.5 Å². The van der Waals surface area contributed by atoms with E-state index in [4.69, 9.17) is 4.74 Å². The molecule has 0 spiro atoms. The van der Waals surface area contributed by atoms with E-state index in [1.807, 2.05) is 12.1 Å². The molecule has 0 atom stereocenters. The largest absolute Gasteiger partial charge is 0.475 e. The maximum atomic E-state index is 12.9. The van der Waals surface area contributed by atoms with E-state index in [2.05, 4.69) is 20.6 Å². The molecular weight excluding hydrogens is 385 g/mol. The Morgan fingerprint density at radius 1 is 1.14 bits per heavy atom. The number of urea groups is 1. The molecule has 6 nitrogen and oxygen atoms in total. The van der Waals surface area contributed by atoms with Gasteiger partial charge in [0.2, 0.25) is 5.88 Å². The Labute approximate surface area is 165 Å². The summed E-state index contributed by atoms with van der Waals surface area (Å²) in [6, 6.07) is 10.5. The van der Waals surface area contributed by atoms with Crippen LogP contribution < -0.4 is 15.4 Å². The fraction of sp³-hybridized carbons (Fsp3) is 0.250. The summed E-state index contributed by atoms with van der Waals surface area (Å²) in [4.78, 5) is 20.1. The number of aromatic nitrogens is 2. The highest BCUT2D eigenvalue weighted by atomic mass is 19.4. The Morgan fingerprint density at radius 2 is 1.93 bits per heavy atom. The molecule has 9 heteroatoms. The van der Waals surface area contributed by atoms with Crippen LogP contribution in [0.3, 0.4) is 0 Å². The lowest BCUT2D eigenvalue weighted by Crippen LogP contribution is -2.29. The van der Waals surface area contributed by atoms with E-state index in [0.717, 1.165) is 17.0 Å². The molecule has 0 aliphatic carbocycles. The number of anilines is 1. The first-order valence-electron chi connectivity index (χ1n) is 8.86. The third-order valence-corrected chi connectivity index (χ3v) is 3.91. The Bertz CT molecular complexity index is 1020. The van der Waals surface area contributed by atoms with Crippen molar-refractivity contribution in [3.8, 4) is 5.88 Å². The molecule has 3 rings (SSSR count). The van der Waals surface area contributed by atoms with Crippen molar-refractivity contribution in [2.45, 2.75) is 32.7 Å². The minimum atomic E-state index is -4.58. The van der Waals surface area contributed by atoms with Crippen LogP contribution in [0, 0.1) is 0 Å². The summed E-state index contributed by atoms with van der Waals surface area (Å²) in [6.07, 6.45) is -3.30. The summed E-state index contributed by atoms with van der Waals surface area (Å²) >= 11 is 0. The maximum Gasteiger partial charge on any atom is 0.433 e. The number of halogens is 3. The van der Waals surface area contributed by atoms with Crippen molar-refractivity contribution in [2.24, 2.45) is 0 Å². The van der Waals surface area contributed by atoms with Crippen LogP contribution in [0.4, 0.5) is 23.7 Å². The van der Waals surface area contributed by atoms with Crippen LogP contribution >= 0.6 is 0 Å². The molecule has 3 aromatic rings. The summed E-state index contributed by atoms with van der Waals surface area (Å²) < 4.78 is 44.2. The van der Waals surface area contributed by atoms with Crippen LogP contribution in [0.15, 0.2) is 48.7 Å². The van der Waals surface area contributed by atoms with Gasteiger partial charge < -0.3 is 15.4 Å². The molecule has 152 valence electrons. The number of amides is 2. The first-order valence-corrected chi connectivity index (χ1v) is 8.86. The highest BCUT2D eigenvalue weighted by Crippen LogP contribution is 2.30. The van der Waals surface area contributed by atoms with Crippen molar-refractivity contribution < 1.29 is 22.7 Å². The molecule has 0 radical (unpaired) electrons. The third-order valence-electron chi connectivity index (χ3n) is 3.91. The third kappa shape index (κ3) is 5.13. The molecule has 0 aliphatic heterocycles. The average Bonchev–Trinajstić information content (AvgIpc) is 2.66. The summed E-state index contributed by atoms with van der Waals surface area (Å²) in [5, 5.41) is 6.10. The van der Waals surface area contributed by atoms with Gasteiger partial charge in [-0.1, -0.05) is 6.07 Å². The zero-order valence-corrected chi connectivity index (χ0v) is 15.7. The number of carbonyl (C=O) groups excluding carboxylic acids is 1. The molecule has 29 heavy (non-hydrogen) atoms. The van der Waals surface area contributed by atoms with Gasteiger partial charge in [0.25, 0.3) is 0 Å². The maximum absolute atomic E-state index is 12.9. The summed E-state index contributed by atoms with van der Waals surface area (Å²) in [5.74, 6) is -0.163. The van der Waals surface area contributed by atoms with Crippen molar-refractivity contribution >= 4 is 22.6 Å². The highest BCUT2D eigenvalue weighted by Gasteiger charge is 2.33. The van der Waals surface area contributed by atoms with Gasteiger partial charge in [0.15, 0.2) is 0 Å². The van der Waals surface area contributed by atoms with E-state index in [0.29, 0.717) is 11.3 Å². The fourth-order valence-electron chi connectivity index (χ4n) is 2.64. The standard InChI is InChI=1S/C20H19F3N4O2/c1-12(2)29-18-13(8-9-17(27-18)20(21,22)23)11-25-19(28)26-16-7-3-6-15-14(16)5-4-10-24-15/h3-10,12H,11H2,1-2H3,(H2,25,26,28). The zero-order chi connectivity index (χ0) is 21.0. The van der Waals surface area contributed by atoms with Crippen LogP contribution in [0.25, 0.3) is 10.9 Å². The Morgan fingerprint density at radius 3 is 2.66 bits per heavy atom. The van der Waals surface area contributed by atoms with E-state index < -0.39 is 17.9 Å². The van der Waals surface area contributed by atoms with Crippen LogP contribution in [0.1, 0.15) is 25.1 Å². The molecule has 0 fully saturated rings. The van der Waals surface area contributed by atoms with Crippen LogP contribution in [-0.4, -0.2) is 22.1 Å². The van der Waals surface area contributed by atoms with Gasteiger partial charge in [-0.05, 0) is 50.2 Å². The van der Waals surface area contributed by atoms with Gasteiger partial charge in [-0.25, -0.2) is 9.78 Å². The van der Waals surface area contributed by atoms with Gasteiger partial charge in [-0.3, -0.25) is 4.98 Å². The van der Waals surface area contributed by atoms with Crippen molar-refractivity contribution in [3.05, 3.63) is 59.9 Å². The quantitative estimate of drug-likeness (QED) is 0.643. The lowest BCUT2D eigenvalue weighted by molar-refractivity contribution is -0.141. The number of nitrogens with one attached hydrogen (secondary N) is 2. The number of benzene rings is 1. The van der Waals surface area contributed by atoms with E-state index in [1.165, 1.54) is 6.07 Å². The normalized spacial score (nSPS) is 11.5. The van der Waals surface area contributed by atoms with Crippen LogP contribution in [-0.2, 0) is 12.7 Å². The number of alkyl halides is 3. The number of hydrogen-bond donors (Lipinski definition) is 2. The van der Waals surface area contributed by atoms with Crippen molar-refractivity contribution in [1.82, 2.24) is 15.3 Å². The molecule has 0 saturated carbocycles. The molecule has 0 aliphatic rings. The van der Waals surface area contributed by atoms with Gasteiger partial charge in [0.05, 0.1) is 17.3 Å². The topological polar surface area (TPSA) is 76.1 Å². The SMILES string of the molecule is CC(C)Oc1nc(C(F)(F)F)ccc1CNC(=O)Nc1cccc2ncccc12. The molecular formula is C20H19F3N4O2. The Kier molecular flexibility index (Phi) is 5.86.